The average Bonchev–Trinajstić information content (AvgIpc) is 2.52. The molecule has 0 aliphatic carbocycles. The van der Waals surface area contributed by atoms with Crippen LogP contribution in [0, 0.1) is 5.92 Å². The number of hydrogen-bond donors (Lipinski definition) is 2. The normalized spacial score (nSPS) is 11.2. The molecule has 0 spiro atoms. The fourth-order valence-corrected chi connectivity index (χ4v) is 2.29. The highest BCUT2D eigenvalue weighted by Gasteiger charge is 1.98. The molecule has 1 aromatic rings. The molecular formula is C18H33IN4O. The SMILES string of the molecule is CCNC(=NCCCC(C)C)NCCCCn1ccccc1=O.I. The molecule has 1 rings (SSSR count). The zero-order valence-corrected chi connectivity index (χ0v) is 17.6. The number of aliphatic imine (C=N–C) groups is 1. The van der Waals surface area contributed by atoms with E-state index in [1.807, 2.05) is 12.3 Å². The molecule has 5 nitrogen and oxygen atoms in total. The third-order valence-electron chi connectivity index (χ3n) is 3.57. The van der Waals surface area contributed by atoms with Crippen LogP contribution in [0.1, 0.15) is 46.5 Å². The van der Waals surface area contributed by atoms with E-state index in [2.05, 4.69) is 36.4 Å². The lowest BCUT2D eigenvalue weighted by Gasteiger charge is -2.11. The maximum atomic E-state index is 11.6. The van der Waals surface area contributed by atoms with Gasteiger partial charge in [0.05, 0.1) is 0 Å². The van der Waals surface area contributed by atoms with E-state index in [9.17, 15) is 4.79 Å². The molecule has 0 aliphatic rings. The number of guanidine groups is 1. The number of nitrogens with zero attached hydrogens (tertiary/aromatic N) is 2. The Morgan fingerprint density at radius 3 is 2.67 bits per heavy atom. The van der Waals surface area contributed by atoms with Crippen LogP contribution < -0.4 is 16.2 Å². The second-order valence-electron chi connectivity index (χ2n) is 6.16. The smallest absolute Gasteiger partial charge is 0.250 e. The van der Waals surface area contributed by atoms with Gasteiger partial charge in [-0.15, -0.1) is 24.0 Å². The van der Waals surface area contributed by atoms with Gasteiger partial charge in [-0.1, -0.05) is 19.9 Å². The molecule has 0 unspecified atom stereocenters. The number of nitrogens with one attached hydrogen (secondary N) is 2. The lowest BCUT2D eigenvalue weighted by Crippen LogP contribution is -2.38. The van der Waals surface area contributed by atoms with E-state index >= 15 is 0 Å². The van der Waals surface area contributed by atoms with Crippen molar-refractivity contribution in [2.24, 2.45) is 10.9 Å². The molecule has 0 fully saturated rings. The number of rotatable bonds is 10. The van der Waals surface area contributed by atoms with Gasteiger partial charge in [0.1, 0.15) is 0 Å². The largest absolute Gasteiger partial charge is 0.357 e. The van der Waals surface area contributed by atoms with Gasteiger partial charge < -0.3 is 15.2 Å². The molecule has 0 aliphatic heterocycles. The Morgan fingerprint density at radius 1 is 1.21 bits per heavy atom. The molecule has 2 N–H and O–H groups in total. The summed E-state index contributed by atoms with van der Waals surface area (Å²) in [5.74, 6) is 1.63. The maximum Gasteiger partial charge on any atom is 0.250 e. The highest BCUT2D eigenvalue weighted by molar-refractivity contribution is 14.0. The molecule has 138 valence electrons. The van der Waals surface area contributed by atoms with Gasteiger partial charge in [0, 0.05) is 38.4 Å². The zero-order chi connectivity index (χ0) is 16.9. The van der Waals surface area contributed by atoms with E-state index in [4.69, 9.17) is 0 Å². The van der Waals surface area contributed by atoms with E-state index in [0.717, 1.165) is 57.3 Å². The Kier molecular flexibility index (Phi) is 13.7. The molecule has 0 saturated heterocycles. The predicted molar refractivity (Wildman–Crippen MR) is 113 cm³/mol. The molecule has 0 saturated carbocycles. The zero-order valence-electron chi connectivity index (χ0n) is 15.3. The minimum atomic E-state index is 0. The minimum Gasteiger partial charge on any atom is -0.357 e. The quantitative estimate of drug-likeness (QED) is 0.250. The van der Waals surface area contributed by atoms with Crippen molar-refractivity contribution in [3.05, 3.63) is 34.7 Å². The monoisotopic (exact) mass is 448 g/mol. The van der Waals surface area contributed by atoms with Gasteiger partial charge in [0.25, 0.3) is 0 Å². The van der Waals surface area contributed by atoms with Crippen LogP contribution in [-0.2, 0) is 6.54 Å². The summed E-state index contributed by atoms with van der Waals surface area (Å²) >= 11 is 0. The molecule has 0 radical (unpaired) electrons. The van der Waals surface area contributed by atoms with Gasteiger partial charge >= 0.3 is 0 Å². The highest BCUT2D eigenvalue weighted by atomic mass is 127. The second kappa shape index (κ2) is 14.3. The third-order valence-corrected chi connectivity index (χ3v) is 3.57. The van der Waals surface area contributed by atoms with Crippen LogP contribution >= 0.6 is 24.0 Å². The van der Waals surface area contributed by atoms with E-state index in [0.29, 0.717) is 0 Å². The van der Waals surface area contributed by atoms with Crippen molar-refractivity contribution < 1.29 is 0 Å². The number of aryl methyl sites for hydroxylation is 1. The third kappa shape index (κ3) is 10.7. The van der Waals surface area contributed by atoms with Crippen molar-refractivity contribution in [2.45, 2.75) is 53.0 Å². The molecular weight excluding hydrogens is 415 g/mol. The Morgan fingerprint density at radius 2 is 2.00 bits per heavy atom. The summed E-state index contributed by atoms with van der Waals surface area (Å²) in [6.45, 7) is 9.94. The van der Waals surface area contributed by atoms with Gasteiger partial charge in [0.2, 0.25) is 5.56 Å². The number of unbranched alkanes of at least 4 members (excludes halogenated alkanes) is 1. The fraction of sp³-hybridized carbons (Fsp3) is 0.667. The Labute approximate surface area is 163 Å². The van der Waals surface area contributed by atoms with Crippen LogP contribution in [-0.4, -0.2) is 30.2 Å². The Bertz CT molecular complexity index is 514. The van der Waals surface area contributed by atoms with E-state index in [1.54, 1.807) is 16.7 Å². The number of halogens is 1. The number of aromatic nitrogens is 1. The summed E-state index contributed by atoms with van der Waals surface area (Å²) in [6, 6.07) is 5.27. The van der Waals surface area contributed by atoms with Crippen molar-refractivity contribution in [3.63, 3.8) is 0 Å². The van der Waals surface area contributed by atoms with Crippen LogP contribution in [0.3, 0.4) is 0 Å². The van der Waals surface area contributed by atoms with E-state index in [-0.39, 0.29) is 29.5 Å². The Hall–Kier alpha value is -1.05. The molecule has 0 atom stereocenters. The molecule has 24 heavy (non-hydrogen) atoms. The summed E-state index contributed by atoms with van der Waals surface area (Å²) in [7, 11) is 0. The van der Waals surface area contributed by atoms with Crippen molar-refractivity contribution in [1.82, 2.24) is 15.2 Å². The van der Waals surface area contributed by atoms with Crippen LogP contribution in [0.2, 0.25) is 0 Å². The second-order valence-corrected chi connectivity index (χ2v) is 6.16. The maximum absolute atomic E-state index is 11.6. The fourth-order valence-electron chi connectivity index (χ4n) is 2.29. The summed E-state index contributed by atoms with van der Waals surface area (Å²) in [4.78, 5) is 16.2. The van der Waals surface area contributed by atoms with Crippen LogP contribution in [0.5, 0.6) is 0 Å². The van der Waals surface area contributed by atoms with Gasteiger partial charge in [-0.25, -0.2) is 0 Å². The predicted octanol–water partition coefficient (Wildman–Crippen LogP) is 3.24. The van der Waals surface area contributed by atoms with Crippen molar-refractivity contribution in [2.75, 3.05) is 19.6 Å². The molecule has 0 aromatic carbocycles. The first kappa shape index (κ1) is 22.9. The molecule has 1 heterocycles. The molecule has 0 amide bonds. The number of pyridine rings is 1. The van der Waals surface area contributed by atoms with Gasteiger partial charge in [-0.05, 0) is 44.6 Å². The summed E-state index contributed by atoms with van der Waals surface area (Å²) in [6.07, 6.45) is 6.18. The van der Waals surface area contributed by atoms with Crippen molar-refractivity contribution in [1.29, 1.82) is 0 Å². The Balaban J connectivity index is 0.00000529. The van der Waals surface area contributed by atoms with Crippen LogP contribution in [0.4, 0.5) is 0 Å². The van der Waals surface area contributed by atoms with E-state index in [1.165, 1.54) is 6.42 Å². The molecule has 0 bridgehead atoms. The van der Waals surface area contributed by atoms with E-state index < -0.39 is 0 Å². The lowest BCUT2D eigenvalue weighted by molar-refractivity contribution is 0.559. The van der Waals surface area contributed by atoms with Crippen molar-refractivity contribution >= 4 is 29.9 Å². The summed E-state index contributed by atoms with van der Waals surface area (Å²) in [5, 5.41) is 6.63. The standard InChI is InChI=1S/C18H32N4O.HI/c1-4-19-18(21-13-9-10-16(2)3)20-12-6-8-15-22-14-7-5-11-17(22)23;/h5,7,11,14,16H,4,6,8-10,12-13,15H2,1-3H3,(H2,19,20,21);1H. The van der Waals surface area contributed by atoms with Crippen molar-refractivity contribution in [3.8, 4) is 0 Å². The molecule has 1 aromatic heterocycles. The number of hydrogen-bond acceptors (Lipinski definition) is 2. The topological polar surface area (TPSA) is 58.4 Å². The summed E-state index contributed by atoms with van der Waals surface area (Å²) < 4.78 is 1.76. The first-order chi connectivity index (χ1) is 11.1. The average molecular weight is 448 g/mol. The van der Waals surface area contributed by atoms with Gasteiger partial charge in [-0.3, -0.25) is 9.79 Å². The first-order valence-electron chi connectivity index (χ1n) is 8.81. The van der Waals surface area contributed by atoms with Gasteiger partial charge in [-0.2, -0.15) is 0 Å². The first-order valence-corrected chi connectivity index (χ1v) is 8.81. The lowest BCUT2D eigenvalue weighted by atomic mass is 10.1. The van der Waals surface area contributed by atoms with Crippen LogP contribution in [0.25, 0.3) is 0 Å². The van der Waals surface area contributed by atoms with Crippen LogP contribution in [0.15, 0.2) is 34.2 Å². The summed E-state index contributed by atoms with van der Waals surface area (Å²) in [5.41, 5.74) is 0.0699. The highest BCUT2D eigenvalue weighted by Crippen LogP contribution is 2.02. The van der Waals surface area contributed by atoms with Gasteiger partial charge in [0.15, 0.2) is 5.96 Å². The minimum absolute atomic E-state index is 0. The molecule has 6 heteroatoms.